The van der Waals surface area contributed by atoms with Crippen LogP contribution in [0.1, 0.15) is 46.5 Å². The molecule has 4 N–H and O–H groups in total. The summed E-state index contributed by atoms with van der Waals surface area (Å²) in [7, 11) is 0. The van der Waals surface area contributed by atoms with Crippen molar-refractivity contribution in [3.05, 3.63) is 0 Å². The van der Waals surface area contributed by atoms with Crippen molar-refractivity contribution < 1.29 is 14.3 Å². The van der Waals surface area contributed by atoms with E-state index in [0.717, 1.165) is 12.8 Å². The Morgan fingerprint density at radius 1 is 1.36 bits per heavy atom. The molecule has 3 atom stereocenters. The van der Waals surface area contributed by atoms with Gasteiger partial charge < -0.3 is 21.1 Å². The molecule has 1 aliphatic heterocycles. The number of amides is 2. The lowest BCUT2D eigenvalue weighted by atomic mass is 9.54. The molecule has 2 rings (SSSR count). The van der Waals surface area contributed by atoms with Crippen LogP contribution in [0.25, 0.3) is 0 Å². The van der Waals surface area contributed by atoms with Crippen molar-refractivity contribution in [2.75, 3.05) is 19.7 Å². The number of hydrogen-bond donors (Lipinski definition) is 2. The molecule has 0 aromatic heterocycles. The molecule has 126 valence electrons. The van der Waals surface area contributed by atoms with Crippen LogP contribution in [-0.2, 0) is 14.3 Å². The lowest BCUT2D eigenvalue weighted by Crippen LogP contribution is -2.76. The van der Waals surface area contributed by atoms with Gasteiger partial charge in [-0.3, -0.25) is 9.59 Å². The molecule has 2 amide bonds. The molecule has 1 heterocycles. The number of carbonyl (C=O) groups is 2. The predicted octanol–water partition coefficient (Wildman–Crippen LogP) is 0.633. The smallest absolute Gasteiger partial charge is 0.243 e. The van der Waals surface area contributed by atoms with Crippen molar-refractivity contribution >= 4 is 11.8 Å². The van der Waals surface area contributed by atoms with E-state index >= 15 is 0 Å². The molecule has 0 spiro atoms. The van der Waals surface area contributed by atoms with E-state index in [1.54, 1.807) is 0 Å². The Hall–Kier alpha value is -1.14. The van der Waals surface area contributed by atoms with E-state index in [2.05, 4.69) is 0 Å². The Morgan fingerprint density at radius 3 is 2.59 bits per heavy atom. The van der Waals surface area contributed by atoms with E-state index in [-0.39, 0.29) is 29.3 Å². The fraction of sp³-hybridized carbons (Fsp3) is 0.875. The monoisotopic (exact) mass is 311 g/mol. The van der Waals surface area contributed by atoms with Crippen molar-refractivity contribution in [3.8, 4) is 0 Å². The van der Waals surface area contributed by atoms with Crippen LogP contribution in [0.15, 0.2) is 0 Å². The topological polar surface area (TPSA) is 98.7 Å². The van der Waals surface area contributed by atoms with Gasteiger partial charge in [0, 0.05) is 38.0 Å². The van der Waals surface area contributed by atoms with E-state index < -0.39 is 5.54 Å². The van der Waals surface area contributed by atoms with Crippen LogP contribution in [0, 0.1) is 11.3 Å². The lowest BCUT2D eigenvalue weighted by Gasteiger charge is -2.59. The third kappa shape index (κ3) is 2.86. The van der Waals surface area contributed by atoms with Gasteiger partial charge >= 0.3 is 0 Å². The molecular formula is C16H29N3O3. The molecular weight excluding hydrogens is 282 g/mol. The summed E-state index contributed by atoms with van der Waals surface area (Å²) in [5.41, 5.74) is 10.5. The van der Waals surface area contributed by atoms with Crippen LogP contribution in [-0.4, -0.2) is 48.1 Å². The minimum Gasteiger partial charge on any atom is -0.378 e. The van der Waals surface area contributed by atoms with Crippen LogP contribution in [0.4, 0.5) is 0 Å². The first-order valence-corrected chi connectivity index (χ1v) is 8.20. The van der Waals surface area contributed by atoms with Crippen molar-refractivity contribution in [1.82, 2.24) is 4.90 Å². The molecule has 0 radical (unpaired) electrons. The molecule has 1 saturated carbocycles. The number of hydrogen-bond acceptors (Lipinski definition) is 4. The lowest BCUT2D eigenvalue weighted by molar-refractivity contribution is -0.180. The van der Waals surface area contributed by atoms with Gasteiger partial charge in [0.15, 0.2) is 0 Å². The van der Waals surface area contributed by atoms with Crippen LogP contribution < -0.4 is 11.5 Å². The second-order valence-corrected chi connectivity index (χ2v) is 7.27. The summed E-state index contributed by atoms with van der Waals surface area (Å²) in [5.74, 6) is -0.158. The van der Waals surface area contributed by atoms with Crippen molar-refractivity contribution in [2.24, 2.45) is 22.8 Å². The first kappa shape index (κ1) is 17.2. The average molecular weight is 311 g/mol. The normalized spacial score (nSPS) is 34.1. The molecule has 0 aromatic rings. The van der Waals surface area contributed by atoms with Crippen molar-refractivity contribution in [2.45, 2.75) is 58.1 Å². The van der Waals surface area contributed by atoms with Crippen LogP contribution >= 0.6 is 0 Å². The number of ether oxygens (including phenoxy) is 1. The summed E-state index contributed by atoms with van der Waals surface area (Å²) in [6.45, 7) is 7.87. The highest BCUT2D eigenvalue weighted by atomic mass is 16.5. The van der Waals surface area contributed by atoms with Crippen LogP contribution in [0.3, 0.4) is 0 Å². The Balaban J connectivity index is 2.03. The minimum absolute atomic E-state index is 0.0115. The zero-order valence-electron chi connectivity index (χ0n) is 13.9. The highest BCUT2D eigenvalue weighted by molar-refractivity contribution is 5.89. The number of nitrogens with zero attached hydrogens (tertiary/aromatic N) is 1. The van der Waals surface area contributed by atoms with Crippen molar-refractivity contribution in [3.63, 3.8) is 0 Å². The SMILES string of the molecule is CCOC1CC(N)(C(=O)N2CCCC(CC(N)=O)C2)C1(C)C. The van der Waals surface area contributed by atoms with Gasteiger partial charge in [0.25, 0.3) is 0 Å². The molecule has 1 saturated heterocycles. The average Bonchev–Trinajstić information content (AvgIpc) is 2.45. The zero-order valence-corrected chi connectivity index (χ0v) is 13.9. The van der Waals surface area contributed by atoms with Gasteiger partial charge in [0.2, 0.25) is 11.8 Å². The van der Waals surface area contributed by atoms with Crippen LogP contribution in [0.2, 0.25) is 0 Å². The highest BCUT2D eigenvalue weighted by Crippen LogP contribution is 2.50. The first-order chi connectivity index (χ1) is 10.2. The molecule has 6 nitrogen and oxygen atoms in total. The number of carbonyl (C=O) groups excluding carboxylic acids is 2. The highest BCUT2D eigenvalue weighted by Gasteiger charge is 2.63. The third-order valence-electron chi connectivity index (χ3n) is 5.51. The van der Waals surface area contributed by atoms with Crippen molar-refractivity contribution in [1.29, 1.82) is 0 Å². The maximum atomic E-state index is 12.9. The van der Waals surface area contributed by atoms with Gasteiger partial charge in [-0.1, -0.05) is 13.8 Å². The second-order valence-electron chi connectivity index (χ2n) is 7.27. The molecule has 6 heteroatoms. The summed E-state index contributed by atoms with van der Waals surface area (Å²) >= 11 is 0. The zero-order chi connectivity index (χ0) is 16.5. The summed E-state index contributed by atoms with van der Waals surface area (Å²) < 4.78 is 5.69. The molecule has 0 bridgehead atoms. The number of rotatable bonds is 5. The molecule has 2 fully saturated rings. The number of nitrogens with two attached hydrogens (primary N) is 2. The fourth-order valence-corrected chi connectivity index (χ4v) is 3.78. The Kier molecular flexibility index (Phi) is 4.82. The number of piperidine rings is 1. The summed E-state index contributed by atoms with van der Waals surface area (Å²) in [6, 6.07) is 0. The maximum absolute atomic E-state index is 12.9. The van der Waals surface area contributed by atoms with E-state index in [1.807, 2.05) is 25.7 Å². The Bertz CT molecular complexity index is 452. The molecule has 2 aliphatic rings. The van der Waals surface area contributed by atoms with Crippen LogP contribution in [0.5, 0.6) is 0 Å². The third-order valence-corrected chi connectivity index (χ3v) is 5.51. The number of likely N-dealkylation sites (tertiary alicyclic amines) is 1. The molecule has 1 aliphatic carbocycles. The maximum Gasteiger partial charge on any atom is 0.243 e. The van der Waals surface area contributed by atoms with Gasteiger partial charge in [-0.15, -0.1) is 0 Å². The quantitative estimate of drug-likeness (QED) is 0.778. The largest absolute Gasteiger partial charge is 0.378 e. The van der Waals surface area contributed by atoms with Gasteiger partial charge in [0.1, 0.15) is 5.54 Å². The first-order valence-electron chi connectivity index (χ1n) is 8.20. The molecule has 22 heavy (non-hydrogen) atoms. The van der Waals surface area contributed by atoms with Gasteiger partial charge in [-0.2, -0.15) is 0 Å². The summed E-state index contributed by atoms with van der Waals surface area (Å²) in [4.78, 5) is 25.9. The fourth-order valence-electron chi connectivity index (χ4n) is 3.78. The molecule has 3 unspecified atom stereocenters. The Labute approximate surface area is 132 Å². The van der Waals surface area contributed by atoms with Gasteiger partial charge in [-0.25, -0.2) is 0 Å². The predicted molar refractivity (Wildman–Crippen MR) is 83.8 cm³/mol. The van der Waals surface area contributed by atoms with E-state index in [9.17, 15) is 9.59 Å². The molecule has 0 aromatic carbocycles. The second kappa shape index (κ2) is 6.16. The van der Waals surface area contributed by atoms with E-state index in [4.69, 9.17) is 16.2 Å². The van der Waals surface area contributed by atoms with Gasteiger partial charge in [-0.05, 0) is 25.7 Å². The number of primary amides is 1. The summed E-state index contributed by atoms with van der Waals surface area (Å²) in [5, 5.41) is 0. The standard InChI is InChI=1S/C16H29N3O3/c1-4-22-12-9-16(18,15(12,2)3)14(21)19-7-5-6-11(10-19)8-13(17)20/h11-12H,4-10,18H2,1-3H3,(H2,17,20). The minimum atomic E-state index is -0.874. The summed E-state index contributed by atoms with van der Waals surface area (Å²) in [6.07, 6.45) is 2.76. The van der Waals surface area contributed by atoms with E-state index in [1.165, 1.54) is 0 Å². The Morgan fingerprint density at radius 2 is 2.05 bits per heavy atom. The van der Waals surface area contributed by atoms with E-state index in [0.29, 0.717) is 32.5 Å². The van der Waals surface area contributed by atoms with Gasteiger partial charge in [0.05, 0.1) is 6.10 Å².